The van der Waals surface area contributed by atoms with Crippen molar-refractivity contribution in [1.29, 1.82) is 0 Å². The molecule has 1 fully saturated rings. The molecular formula is C17H25BrO. The summed E-state index contributed by atoms with van der Waals surface area (Å²) in [4.78, 5) is 0.461. The van der Waals surface area contributed by atoms with E-state index in [4.69, 9.17) is 4.74 Å². The van der Waals surface area contributed by atoms with Crippen molar-refractivity contribution in [3.63, 3.8) is 0 Å². The minimum absolute atomic E-state index is 0.461. The summed E-state index contributed by atoms with van der Waals surface area (Å²) >= 11 is 3.94. The summed E-state index contributed by atoms with van der Waals surface area (Å²) in [5, 5.41) is 0. The SMILES string of the molecule is CCc1ccc(C(Br)C2CCOCC2C)cc1CC. The fourth-order valence-corrected chi connectivity index (χ4v) is 4.14. The molecule has 2 heteroatoms. The zero-order valence-electron chi connectivity index (χ0n) is 12.3. The molecule has 0 N–H and O–H groups in total. The Morgan fingerprint density at radius 3 is 2.63 bits per heavy atom. The van der Waals surface area contributed by atoms with Gasteiger partial charge in [-0.25, -0.2) is 0 Å². The molecule has 1 aromatic carbocycles. The summed E-state index contributed by atoms with van der Waals surface area (Å²) in [6.07, 6.45) is 3.41. The summed E-state index contributed by atoms with van der Waals surface area (Å²) in [7, 11) is 0. The van der Waals surface area contributed by atoms with Gasteiger partial charge in [0.25, 0.3) is 0 Å². The van der Waals surface area contributed by atoms with Crippen LogP contribution in [0, 0.1) is 11.8 Å². The van der Waals surface area contributed by atoms with Gasteiger partial charge >= 0.3 is 0 Å². The Hall–Kier alpha value is -0.340. The second-order valence-corrected chi connectivity index (χ2v) is 6.63. The average Bonchev–Trinajstić information content (AvgIpc) is 2.46. The molecule has 1 saturated heterocycles. The van der Waals surface area contributed by atoms with Crippen LogP contribution in [0.4, 0.5) is 0 Å². The fraction of sp³-hybridized carbons (Fsp3) is 0.647. The van der Waals surface area contributed by atoms with Crippen molar-refractivity contribution in [2.75, 3.05) is 13.2 Å². The van der Waals surface area contributed by atoms with Gasteiger partial charge in [-0.3, -0.25) is 0 Å². The van der Waals surface area contributed by atoms with Crippen LogP contribution in [0.5, 0.6) is 0 Å². The summed E-state index contributed by atoms with van der Waals surface area (Å²) in [5.74, 6) is 1.32. The maximum atomic E-state index is 5.56. The van der Waals surface area contributed by atoms with Crippen LogP contribution in [0.1, 0.15) is 48.7 Å². The van der Waals surface area contributed by atoms with E-state index in [1.54, 1.807) is 0 Å². The van der Waals surface area contributed by atoms with Gasteiger partial charge in [0, 0.05) is 18.0 Å². The number of aryl methyl sites for hydroxylation is 2. The summed E-state index contributed by atoms with van der Waals surface area (Å²) in [6.45, 7) is 8.60. The molecule has 2 rings (SSSR count). The van der Waals surface area contributed by atoms with E-state index in [-0.39, 0.29) is 0 Å². The standard InChI is InChI=1S/C17H25BrO/c1-4-13-6-7-15(10-14(13)5-2)17(18)16-8-9-19-11-12(16)3/h6-7,10,12,16-17H,4-5,8-9,11H2,1-3H3. The van der Waals surface area contributed by atoms with Crippen molar-refractivity contribution in [2.24, 2.45) is 11.8 Å². The molecule has 1 aliphatic rings. The molecule has 0 spiro atoms. The summed E-state index contributed by atoms with van der Waals surface area (Å²) < 4.78 is 5.56. The van der Waals surface area contributed by atoms with Gasteiger partial charge in [0.2, 0.25) is 0 Å². The van der Waals surface area contributed by atoms with E-state index in [0.29, 0.717) is 16.7 Å². The normalized spacial score (nSPS) is 25.3. The Bertz CT molecular complexity index is 416. The predicted molar refractivity (Wildman–Crippen MR) is 85.0 cm³/mol. The molecule has 1 aliphatic heterocycles. The van der Waals surface area contributed by atoms with Crippen molar-refractivity contribution in [1.82, 2.24) is 0 Å². The third-order valence-electron chi connectivity index (χ3n) is 4.39. The lowest BCUT2D eigenvalue weighted by molar-refractivity contribution is 0.0241. The third kappa shape index (κ3) is 3.41. The van der Waals surface area contributed by atoms with Gasteiger partial charge in [-0.2, -0.15) is 0 Å². The van der Waals surface area contributed by atoms with Gasteiger partial charge in [-0.05, 0) is 47.8 Å². The fourth-order valence-electron chi connectivity index (χ4n) is 3.07. The van der Waals surface area contributed by atoms with Crippen molar-refractivity contribution < 1.29 is 4.74 Å². The van der Waals surface area contributed by atoms with Gasteiger partial charge < -0.3 is 4.74 Å². The molecule has 0 amide bonds. The largest absolute Gasteiger partial charge is 0.381 e. The number of halogens is 1. The minimum atomic E-state index is 0.461. The molecule has 1 nitrogen and oxygen atoms in total. The summed E-state index contributed by atoms with van der Waals surface area (Å²) in [6, 6.07) is 7.02. The zero-order valence-corrected chi connectivity index (χ0v) is 13.9. The number of hydrogen-bond donors (Lipinski definition) is 0. The highest BCUT2D eigenvalue weighted by Gasteiger charge is 2.29. The third-order valence-corrected chi connectivity index (χ3v) is 5.60. The Morgan fingerprint density at radius 1 is 1.26 bits per heavy atom. The van der Waals surface area contributed by atoms with Gasteiger partial charge in [-0.15, -0.1) is 0 Å². The topological polar surface area (TPSA) is 9.23 Å². The van der Waals surface area contributed by atoms with Crippen LogP contribution in [0.2, 0.25) is 0 Å². The van der Waals surface area contributed by atoms with Crippen LogP contribution in [0.25, 0.3) is 0 Å². The Morgan fingerprint density at radius 2 is 2.00 bits per heavy atom. The molecule has 1 aromatic rings. The molecule has 0 aromatic heterocycles. The molecule has 0 bridgehead atoms. The van der Waals surface area contributed by atoms with Gasteiger partial charge in [0.05, 0.1) is 0 Å². The van der Waals surface area contributed by atoms with Crippen LogP contribution < -0.4 is 0 Å². The maximum Gasteiger partial charge on any atom is 0.0494 e. The molecule has 3 unspecified atom stereocenters. The highest BCUT2D eigenvalue weighted by Crippen LogP contribution is 2.40. The Balaban J connectivity index is 2.20. The van der Waals surface area contributed by atoms with Crippen molar-refractivity contribution >= 4 is 15.9 Å². The molecule has 0 saturated carbocycles. The monoisotopic (exact) mass is 324 g/mol. The van der Waals surface area contributed by atoms with Crippen molar-refractivity contribution in [3.8, 4) is 0 Å². The zero-order chi connectivity index (χ0) is 13.8. The lowest BCUT2D eigenvalue weighted by Crippen LogP contribution is -2.28. The lowest BCUT2D eigenvalue weighted by Gasteiger charge is -2.33. The quantitative estimate of drug-likeness (QED) is 0.714. The Kier molecular flexibility index (Phi) is 5.47. The highest BCUT2D eigenvalue weighted by atomic mass is 79.9. The second-order valence-electron chi connectivity index (χ2n) is 5.64. The van der Waals surface area contributed by atoms with Gasteiger partial charge in [0.15, 0.2) is 0 Å². The highest BCUT2D eigenvalue weighted by molar-refractivity contribution is 9.09. The van der Waals surface area contributed by atoms with E-state index in [1.807, 2.05) is 0 Å². The first-order chi connectivity index (χ1) is 9.17. The van der Waals surface area contributed by atoms with E-state index < -0.39 is 0 Å². The van der Waals surface area contributed by atoms with Crippen molar-refractivity contribution in [2.45, 2.75) is 44.9 Å². The predicted octanol–water partition coefficient (Wildman–Crippen LogP) is 4.92. The first kappa shape index (κ1) is 15.1. The van der Waals surface area contributed by atoms with Crippen LogP contribution in [-0.4, -0.2) is 13.2 Å². The molecule has 106 valence electrons. The van der Waals surface area contributed by atoms with E-state index >= 15 is 0 Å². The second kappa shape index (κ2) is 6.90. The number of benzene rings is 1. The number of alkyl halides is 1. The lowest BCUT2D eigenvalue weighted by atomic mass is 9.84. The number of rotatable bonds is 4. The molecule has 0 aliphatic carbocycles. The van der Waals surface area contributed by atoms with E-state index in [2.05, 4.69) is 54.9 Å². The number of hydrogen-bond acceptors (Lipinski definition) is 1. The molecular weight excluding hydrogens is 300 g/mol. The van der Waals surface area contributed by atoms with Crippen LogP contribution in [0.3, 0.4) is 0 Å². The summed E-state index contributed by atoms with van der Waals surface area (Å²) in [5.41, 5.74) is 4.43. The van der Waals surface area contributed by atoms with Gasteiger partial charge in [-0.1, -0.05) is 54.9 Å². The van der Waals surface area contributed by atoms with Gasteiger partial charge in [0.1, 0.15) is 0 Å². The van der Waals surface area contributed by atoms with E-state index in [0.717, 1.165) is 32.5 Å². The molecule has 19 heavy (non-hydrogen) atoms. The maximum absolute atomic E-state index is 5.56. The first-order valence-corrected chi connectivity index (χ1v) is 8.42. The van der Waals surface area contributed by atoms with Crippen molar-refractivity contribution in [3.05, 3.63) is 34.9 Å². The minimum Gasteiger partial charge on any atom is -0.381 e. The Labute approximate surface area is 125 Å². The van der Waals surface area contributed by atoms with Crippen LogP contribution in [-0.2, 0) is 17.6 Å². The van der Waals surface area contributed by atoms with E-state index in [9.17, 15) is 0 Å². The van der Waals surface area contributed by atoms with Crippen LogP contribution in [0.15, 0.2) is 18.2 Å². The van der Waals surface area contributed by atoms with Crippen LogP contribution >= 0.6 is 15.9 Å². The average molecular weight is 325 g/mol. The smallest absolute Gasteiger partial charge is 0.0494 e. The first-order valence-electron chi connectivity index (χ1n) is 7.50. The molecule has 0 radical (unpaired) electrons. The van der Waals surface area contributed by atoms with E-state index in [1.165, 1.54) is 16.7 Å². The number of ether oxygens (including phenoxy) is 1. The molecule has 3 atom stereocenters. The molecule has 1 heterocycles.